The van der Waals surface area contributed by atoms with E-state index in [1.165, 1.54) is 6.92 Å². The highest BCUT2D eigenvalue weighted by molar-refractivity contribution is 6.02. The third-order valence-electron chi connectivity index (χ3n) is 4.51. The molecule has 1 amide bonds. The summed E-state index contributed by atoms with van der Waals surface area (Å²) in [4.78, 5) is 29.7. The van der Waals surface area contributed by atoms with Gasteiger partial charge in [0.1, 0.15) is 0 Å². The van der Waals surface area contributed by atoms with Crippen LogP contribution in [0, 0.1) is 25.7 Å². The van der Waals surface area contributed by atoms with Gasteiger partial charge in [-0.3, -0.25) is 9.59 Å². The summed E-state index contributed by atoms with van der Waals surface area (Å²) in [5.74, 6) is 6.14. The number of rotatable bonds is 4. The predicted octanol–water partition coefficient (Wildman–Crippen LogP) is 3.49. The van der Waals surface area contributed by atoms with E-state index in [-0.39, 0.29) is 17.7 Å². The maximum Gasteiger partial charge on any atom is 0.256 e. The van der Waals surface area contributed by atoms with Gasteiger partial charge in [-0.2, -0.15) is 0 Å². The number of amides is 1. The zero-order chi connectivity index (χ0) is 18.0. The summed E-state index contributed by atoms with van der Waals surface area (Å²) in [6, 6.07) is 10.0. The molecule has 0 aliphatic heterocycles. The number of carbonyl (C=O) groups excluding carboxylic acids is 2. The number of ketones is 1. The molecule has 1 N–H and O–H groups in total. The molecule has 128 valence electrons. The molecule has 4 nitrogen and oxygen atoms in total. The van der Waals surface area contributed by atoms with Gasteiger partial charge in [-0.1, -0.05) is 30.0 Å². The Labute approximate surface area is 148 Å². The largest absolute Gasteiger partial charge is 0.355 e. The van der Waals surface area contributed by atoms with Crippen molar-refractivity contribution in [2.45, 2.75) is 39.7 Å². The van der Waals surface area contributed by atoms with Crippen LogP contribution < -0.4 is 0 Å². The van der Waals surface area contributed by atoms with Crippen LogP contribution in [0.1, 0.15) is 57.4 Å². The van der Waals surface area contributed by atoms with E-state index in [9.17, 15) is 9.59 Å². The van der Waals surface area contributed by atoms with Crippen molar-refractivity contribution in [2.75, 3.05) is 6.54 Å². The standard InChI is InChI=1S/C21H22N2O2/c1-14-19(15(2)22-20(14)16(3)24)21(25)23(18-11-12-18)13-7-10-17-8-5-4-6-9-17/h4-6,8-9,18,22H,11-13H2,1-3H3. The molecule has 1 aliphatic carbocycles. The van der Waals surface area contributed by atoms with E-state index in [1.807, 2.05) is 49.1 Å². The second-order valence-corrected chi connectivity index (χ2v) is 6.51. The first kappa shape index (κ1) is 17.0. The van der Waals surface area contributed by atoms with Crippen LogP contribution in [0.5, 0.6) is 0 Å². The van der Waals surface area contributed by atoms with Crippen LogP contribution in [0.25, 0.3) is 0 Å². The lowest BCUT2D eigenvalue weighted by atomic mass is 10.1. The monoisotopic (exact) mass is 334 g/mol. The maximum atomic E-state index is 13.1. The number of nitrogens with zero attached hydrogens (tertiary/aromatic N) is 1. The van der Waals surface area contributed by atoms with Crippen LogP contribution in [-0.2, 0) is 0 Å². The van der Waals surface area contributed by atoms with E-state index >= 15 is 0 Å². The average Bonchev–Trinajstić information content (AvgIpc) is 3.37. The van der Waals surface area contributed by atoms with E-state index in [0.717, 1.165) is 29.7 Å². The molecule has 1 aromatic heterocycles. The van der Waals surface area contributed by atoms with Crippen LogP contribution in [-0.4, -0.2) is 34.2 Å². The van der Waals surface area contributed by atoms with Gasteiger partial charge in [0.25, 0.3) is 5.91 Å². The molecule has 0 atom stereocenters. The summed E-state index contributed by atoms with van der Waals surface area (Å²) in [5.41, 5.74) is 3.55. The van der Waals surface area contributed by atoms with Gasteiger partial charge in [0.2, 0.25) is 0 Å². The van der Waals surface area contributed by atoms with Crippen LogP contribution in [0.2, 0.25) is 0 Å². The Balaban J connectivity index is 1.83. The van der Waals surface area contributed by atoms with Crippen molar-refractivity contribution in [2.24, 2.45) is 0 Å². The van der Waals surface area contributed by atoms with Crippen LogP contribution in [0.15, 0.2) is 30.3 Å². The van der Waals surface area contributed by atoms with Gasteiger partial charge >= 0.3 is 0 Å². The summed E-state index contributed by atoms with van der Waals surface area (Å²) < 4.78 is 0. The van der Waals surface area contributed by atoms with E-state index < -0.39 is 0 Å². The van der Waals surface area contributed by atoms with Crippen molar-refractivity contribution in [3.63, 3.8) is 0 Å². The van der Waals surface area contributed by atoms with Gasteiger partial charge in [-0.15, -0.1) is 0 Å². The van der Waals surface area contributed by atoms with Gasteiger partial charge in [-0.05, 0) is 44.4 Å². The summed E-state index contributed by atoms with van der Waals surface area (Å²) in [7, 11) is 0. The molecule has 1 fully saturated rings. The lowest BCUT2D eigenvalue weighted by Gasteiger charge is -2.20. The van der Waals surface area contributed by atoms with Crippen LogP contribution in [0.4, 0.5) is 0 Å². The second kappa shape index (κ2) is 6.98. The van der Waals surface area contributed by atoms with E-state index in [1.54, 1.807) is 0 Å². The fourth-order valence-electron chi connectivity index (χ4n) is 3.07. The number of carbonyl (C=O) groups is 2. The van der Waals surface area contributed by atoms with E-state index in [2.05, 4.69) is 16.8 Å². The highest BCUT2D eigenvalue weighted by Crippen LogP contribution is 2.30. The van der Waals surface area contributed by atoms with Crippen molar-refractivity contribution < 1.29 is 9.59 Å². The number of Topliss-reactive ketones (excluding diaryl/α,β-unsaturated/α-hetero) is 1. The zero-order valence-electron chi connectivity index (χ0n) is 14.8. The van der Waals surface area contributed by atoms with Crippen molar-refractivity contribution in [1.29, 1.82) is 0 Å². The Bertz CT molecular complexity index is 865. The number of aryl methyl sites for hydroxylation is 1. The number of H-pyrrole nitrogens is 1. The number of benzene rings is 1. The summed E-state index contributed by atoms with van der Waals surface area (Å²) in [5, 5.41) is 0. The van der Waals surface area contributed by atoms with Crippen molar-refractivity contribution >= 4 is 11.7 Å². The zero-order valence-corrected chi connectivity index (χ0v) is 14.8. The molecule has 0 radical (unpaired) electrons. The minimum atomic E-state index is -0.0542. The Morgan fingerprint density at radius 2 is 1.88 bits per heavy atom. The first-order chi connectivity index (χ1) is 12.0. The first-order valence-corrected chi connectivity index (χ1v) is 8.54. The molecule has 25 heavy (non-hydrogen) atoms. The predicted molar refractivity (Wildman–Crippen MR) is 97.6 cm³/mol. The first-order valence-electron chi connectivity index (χ1n) is 8.54. The van der Waals surface area contributed by atoms with Gasteiger partial charge in [-0.25, -0.2) is 0 Å². The minimum Gasteiger partial charge on any atom is -0.355 e. The van der Waals surface area contributed by atoms with Crippen molar-refractivity contribution in [1.82, 2.24) is 9.88 Å². The molecule has 1 aromatic carbocycles. The molecular formula is C21H22N2O2. The Hall–Kier alpha value is -2.80. The summed E-state index contributed by atoms with van der Waals surface area (Å²) in [6.45, 7) is 5.58. The second-order valence-electron chi connectivity index (χ2n) is 6.51. The summed E-state index contributed by atoms with van der Waals surface area (Å²) in [6.07, 6.45) is 2.03. The van der Waals surface area contributed by atoms with Gasteiger partial charge in [0.05, 0.1) is 17.8 Å². The molecule has 1 heterocycles. The molecule has 0 bridgehead atoms. The SMILES string of the molecule is CC(=O)c1[nH]c(C)c(C(=O)N(CC#Cc2ccccc2)C2CC2)c1C. The third kappa shape index (κ3) is 3.66. The fraction of sp³-hybridized carbons (Fsp3) is 0.333. The number of aromatic amines is 1. The normalized spacial score (nSPS) is 13.1. The number of nitrogens with one attached hydrogen (secondary N) is 1. The van der Waals surface area contributed by atoms with Crippen LogP contribution in [0.3, 0.4) is 0 Å². The molecule has 2 aromatic rings. The number of aromatic nitrogens is 1. The molecule has 0 unspecified atom stereocenters. The van der Waals surface area contributed by atoms with Crippen LogP contribution >= 0.6 is 0 Å². The van der Waals surface area contributed by atoms with Gasteiger partial charge < -0.3 is 9.88 Å². The molecular weight excluding hydrogens is 312 g/mol. The fourth-order valence-corrected chi connectivity index (χ4v) is 3.07. The van der Waals surface area contributed by atoms with Crippen molar-refractivity contribution in [3.8, 4) is 11.8 Å². The quantitative estimate of drug-likeness (QED) is 0.687. The van der Waals surface area contributed by atoms with Gasteiger partial charge in [0.15, 0.2) is 5.78 Å². The third-order valence-corrected chi connectivity index (χ3v) is 4.51. The topological polar surface area (TPSA) is 53.2 Å². The molecule has 0 saturated heterocycles. The molecule has 4 heteroatoms. The molecule has 0 spiro atoms. The average molecular weight is 334 g/mol. The number of hydrogen-bond donors (Lipinski definition) is 1. The lowest BCUT2D eigenvalue weighted by molar-refractivity contribution is 0.0764. The molecule has 1 aliphatic rings. The van der Waals surface area contributed by atoms with Crippen molar-refractivity contribution in [3.05, 3.63) is 58.4 Å². The highest BCUT2D eigenvalue weighted by Gasteiger charge is 2.34. The smallest absolute Gasteiger partial charge is 0.256 e. The number of hydrogen-bond acceptors (Lipinski definition) is 2. The van der Waals surface area contributed by atoms with E-state index in [4.69, 9.17) is 0 Å². The summed E-state index contributed by atoms with van der Waals surface area (Å²) >= 11 is 0. The molecule has 3 rings (SSSR count). The Morgan fingerprint density at radius 3 is 2.44 bits per heavy atom. The lowest BCUT2D eigenvalue weighted by Crippen LogP contribution is -2.34. The maximum absolute atomic E-state index is 13.1. The highest BCUT2D eigenvalue weighted by atomic mass is 16.2. The van der Waals surface area contributed by atoms with E-state index in [0.29, 0.717) is 17.8 Å². The Kier molecular flexibility index (Phi) is 4.76. The van der Waals surface area contributed by atoms with Gasteiger partial charge in [0, 0.05) is 24.2 Å². The molecule has 1 saturated carbocycles. The Morgan fingerprint density at radius 1 is 1.20 bits per heavy atom. The minimum absolute atomic E-state index is 0.0383.